The monoisotopic (exact) mass is 568 g/mol. The topological polar surface area (TPSA) is 70.6 Å². The van der Waals surface area contributed by atoms with Crippen LogP contribution in [-0.4, -0.2) is 16.8 Å². The van der Waals surface area contributed by atoms with Crippen molar-refractivity contribution in [2.75, 3.05) is 5.32 Å². The van der Waals surface area contributed by atoms with Crippen LogP contribution in [-0.2, 0) is 4.84 Å². The van der Waals surface area contributed by atoms with Gasteiger partial charge in [0.05, 0.1) is 26.4 Å². The van der Waals surface area contributed by atoms with Crippen LogP contribution in [0, 0.1) is 15.3 Å². The summed E-state index contributed by atoms with van der Waals surface area (Å²) in [7, 11) is 0. The molecule has 0 aromatic heterocycles. The van der Waals surface area contributed by atoms with E-state index in [0.29, 0.717) is 10.7 Å². The summed E-state index contributed by atoms with van der Waals surface area (Å²) >= 11 is 11.4. The van der Waals surface area contributed by atoms with Crippen molar-refractivity contribution in [3.8, 4) is 0 Å². The number of anilines is 2. The Hall–Kier alpha value is -0.940. The molecule has 3 rings (SSSR count). The zero-order chi connectivity index (χ0) is 19.8. The van der Waals surface area contributed by atoms with Crippen molar-refractivity contribution in [3.63, 3.8) is 0 Å². The minimum Gasteiger partial charge on any atom is -0.364 e. The molecule has 1 amide bonds. The number of hydroxylamine groups is 1. The molecular formula is C18H16BrClFIN2O3. The molecule has 0 aliphatic heterocycles. The largest absolute Gasteiger partial charge is 0.364 e. The van der Waals surface area contributed by atoms with Gasteiger partial charge in [-0.3, -0.25) is 4.79 Å². The summed E-state index contributed by atoms with van der Waals surface area (Å²) in [6.45, 7) is 1.50. The van der Waals surface area contributed by atoms with Gasteiger partial charge in [0.1, 0.15) is 5.82 Å². The van der Waals surface area contributed by atoms with E-state index < -0.39 is 17.5 Å². The Morgan fingerprint density at radius 3 is 2.70 bits per heavy atom. The predicted octanol–water partition coefficient (Wildman–Crippen LogP) is 5.37. The molecule has 2 aromatic rings. The summed E-state index contributed by atoms with van der Waals surface area (Å²) in [6, 6.07) is 7.84. The molecule has 3 N–H and O–H groups in total. The van der Waals surface area contributed by atoms with Crippen molar-refractivity contribution < 1.29 is 19.1 Å². The molecule has 5 nitrogen and oxygen atoms in total. The van der Waals surface area contributed by atoms with Crippen LogP contribution in [0.5, 0.6) is 0 Å². The molecule has 27 heavy (non-hydrogen) atoms. The SMILES string of the molecule is CC(O)(ONC(=O)c1cc(Br)c(F)cc1Nc1ccc(I)cc1Cl)C1CC1. The molecule has 1 saturated carbocycles. The minimum absolute atomic E-state index is 0.0130. The molecule has 1 atom stereocenters. The highest BCUT2D eigenvalue weighted by atomic mass is 127. The molecule has 0 radical (unpaired) electrons. The van der Waals surface area contributed by atoms with Gasteiger partial charge in [-0.2, -0.15) is 0 Å². The second kappa shape index (κ2) is 8.20. The number of rotatable bonds is 6. The van der Waals surface area contributed by atoms with Crippen LogP contribution in [0.15, 0.2) is 34.8 Å². The summed E-state index contributed by atoms with van der Waals surface area (Å²) in [5.41, 5.74) is 3.12. The first kappa shape index (κ1) is 20.8. The summed E-state index contributed by atoms with van der Waals surface area (Å²) in [5, 5.41) is 13.6. The summed E-state index contributed by atoms with van der Waals surface area (Å²) in [5.74, 6) is -2.62. The average Bonchev–Trinajstić information content (AvgIpc) is 3.44. The lowest BCUT2D eigenvalue weighted by atomic mass is 10.1. The smallest absolute Gasteiger partial charge is 0.277 e. The van der Waals surface area contributed by atoms with Crippen LogP contribution in [0.1, 0.15) is 30.1 Å². The number of benzene rings is 2. The third-order valence-corrected chi connectivity index (χ3v) is 5.78. The second-order valence-electron chi connectivity index (χ2n) is 6.42. The van der Waals surface area contributed by atoms with E-state index in [1.165, 1.54) is 19.1 Å². The standard InChI is InChI=1S/C18H16BrClFIN2O3/c1-18(26,9-2-3-9)27-24-17(25)11-7-12(19)14(21)8-16(11)23-15-5-4-10(22)6-13(15)20/h4-9,23,26H,2-3H2,1H3,(H,24,25). The van der Waals surface area contributed by atoms with Gasteiger partial charge in [0.15, 0.2) is 5.79 Å². The van der Waals surface area contributed by atoms with Gasteiger partial charge < -0.3 is 10.4 Å². The van der Waals surface area contributed by atoms with Crippen LogP contribution < -0.4 is 10.8 Å². The maximum atomic E-state index is 14.1. The molecule has 1 aliphatic carbocycles. The molecule has 0 heterocycles. The third kappa shape index (κ3) is 5.11. The van der Waals surface area contributed by atoms with E-state index in [1.54, 1.807) is 12.1 Å². The zero-order valence-electron chi connectivity index (χ0n) is 14.2. The normalized spacial score (nSPS) is 15.9. The molecule has 1 unspecified atom stereocenters. The Labute approximate surface area is 182 Å². The summed E-state index contributed by atoms with van der Waals surface area (Å²) < 4.78 is 15.1. The molecule has 0 spiro atoms. The third-order valence-electron chi connectivity index (χ3n) is 4.19. The number of carbonyl (C=O) groups is 1. The van der Waals surface area contributed by atoms with Crippen LogP contribution in [0.4, 0.5) is 15.8 Å². The fourth-order valence-electron chi connectivity index (χ4n) is 2.48. The zero-order valence-corrected chi connectivity index (χ0v) is 18.7. The van der Waals surface area contributed by atoms with Crippen molar-refractivity contribution in [1.29, 1.82) is 0 Å². The first-order valence-electron chi connectivity index (χ1n) is 8.09. The molecule has 2 aromatic carbocycles. The van der Waals surface area contributed by atoms with E-state index in [2.05, 4.69) is 49.3 Å². The van der Waals surface area contributed by atoms with Gasteiger partial charge in [0, 0.05) is 9.49 Å². The van der Waals surface area contributed by atoms with Crippen LogP contribution in [0.25, 0.3) is 0 Å². The van der Waals surface area contributed by atoms with E-state index >= 15 is 0 Å². The maximum Gasteiger partial charge on any atom is 0.277 e. The van der Waals surface area contributed by atoms with Crippen LogP contribution in [0.2, 0.25) is 5.02 Å². The number of aliphatic hydroxyl groups is 1. The van der Waals surface area contributed by atoms with Crippen LogP contribution >= 0.6 is 50.1 Å². The average molecular weight is 570 g/mol. The second-order valence-corrected chi connectivity index (χ2v) is 8.93. The van der Waals surface area contributed by atoms with Gasteiger partial charge in [-0.05, 0) is 88.6 Å². The van der Waals surface area contributed by atoms with Gasteiger partial charge in [-0.15, -0.1) is 0 Å². The fraction of sp³-hybridized carbons (Fsp3) is 0.278. The Balaban J connectivity index is 1.85. The minimum atomic E-state index is -1.44. The number of hydrogen-bond acceptors (Lipinski definition) is 4. The lowest BCUT2D eigenvalue weighted by Gasteiger charge is -2.23. The number of carbonyl (C=O) groups excluding carboxylic acids is 1. The van der Waals surface area contributed by atoms with E-state index in [1.807, 2.05) is 6.07 Å². The predicted molar refractivity (Wildman–Crippen MR) is 113 cm³/mol. The fourth-order valence-corrected chi connectivity index (χ4v) is 3.73. The number of nitrogens with one attached hydrogen (secondary N) is 2. The molecule has 9 heteroatoms. The van der Waals surface area contributed by atoms with Crippen molar-refractivity contribution >= 4 is 67.4 Å². The molecule has 1 fully saturated rings. The van der Waals surface area contributed by atoms with Crippen molar-refractivity contribution in [2.24, 2.45) is 5.92 Å². The van der Waals surface area contributed by atoms with Gasteiger partial charge in [0.25, 0.3) is 5.91 Å². The highest BCUT2D eigenvalue weighted by molar-refractivity contribution is 14.1. The first-order chi connectivity index (χ1) is 12.7. The maximum absolute atomic E-state index is 14.1. The van der Waals surface area contributed by atoms with Gasteiger partial charge in [0.2, 0.25) is 0 Å². The van der Waals surface area contributed by atoms with Crippen molar-refractivity contribution in [3.05, 3.63) is 54.8 Å². The molecule has 1 aliphatic rings. The van der Waals surface area contributed by atoms with Gasteiger partial charge >= 0.3 is 0 Å². The molecular weight excluding hydrogens is 553 g/mol. The lowest BCUT2D eigenvalue weighted by Crippen LogP contribution is -2.39. The quantitative estimate of drug-likeness (QED) is 0.249. The number of halogens is 4. The van der Waals surface area contributed by atoms with Crippen molar-refractivity contribution in [2.45, 2.75) is 25.6 Å². The van der Waals surface area contributed by atoms with Crippen LogP contribution in [0.3, 0.4) is 0 Å². The van der Waals surface area contributed by atoms with E-state index in [-0.39, 0.29) is 21.6 Å². The summed E-state index contributed by atoms with van der Waals surface area (Å²) in [4.78, 5) is 17.8. The van der Waals surface area contributed by atoms with Crippen molar-refractivity contribution in [1.82, 2.24) is 5.48 Å². The Morgan fingerprint density at radius 1 is 1.37 bits per heavy atom. The van der Waals surface area contributed by atoms with E-state index in [0.717, 1.165) is 16.4 Å². The van der Waals surface area contributed by atoms with Gasteiger partial charge in [-0.1, -0.05) is 11.6 Å². The highest BCUT2D eigenvalue weighted by Gasteiger charge is 2.42. The highest BCUT2D eigenvalue weighted by Crippen LogP contribution is 2.39. The molecule has 0 saturated heterocycles. The number of amides is 1. The Kier molecular flexibility index (Phi) is 6.31. The molecule has 144 valence electrons. The van der Waals surface area contributed by atoms with E-state index in [9.17, 15) is 14.3 Å². The summed E-state index contributed by atoms with van der Waals surface area (Å²) in [6.07, 6.45) is 1.67. The lowest BCUT2D eigenvalue weighted by molar-refractivity contribution is -0.230. The van der Waals surface area contributed by atoms with Gasteiger partial charge in [-0.25, -0.2) is 14.7 Å². The Morgan fingerprint density at radius 2 is 2.07 bits per heavy atom. The molecule has 0 bridgehead atoms. The first-order valence-corrected chi connectivity index (χ1v) is 10.3. The number of hydrogen-bond donors (Lipinski definition) is 3. The van der Waals surface area contributed by atoms with E-state index in [4.69, 9.17) is 16.4 Å². The Bertz CT molecular complexity index is 893.